The quantitative estimate of drug-likeness (QED) is 0.522. The Morgan fingerprint density at radius 1 is 1.26 bits per heavy atom. The number of imidazole rings is 1. The summed E-state index contributed by atoms with van der Waals surface area (Å²) in [6, 6.07) is 5.77. The number of hydrogen-bond donors (Lipinski definition) is 2. The van der Waals surface area contributed by atoms with E-state index in [2.05, 4.69) is 9.97 Å². The standard InChI is InChI=1S/C21H20FN5O4/c1-21(2,3)31-20(30)26-9-14(13-5-4-12(22)7-16(13)26)11-6-15-18(24-8-11)27(10-17(23)28)19(29)25-15/h4-9H,10H2,1-3H3,(H2,23,28)(H,25,29). The molecule has 10 heteroatoms. The van der Waals surface area contributed by atoms with Crippen molar-refractivity contribution in [2.24, 2.45) is 5.73 Å². The Bertz CT molecular complexity index is 1410. The maximum atomic E-state index is 13.9. The predicted octanol–water partition coefficient (Wildman–Crippen LogP) is 2.75. The molecule has 1 amide bonds. The van der Waals surface area contributed by atoms with E-state index in [1.54, 1.807) is 39.1 Å². The van der Waals surface area contributed by atoms with Gasteiger partial charge in [0.05, 0.1) is 11.0 Å². The molecule has 0 aliphatic carbocycles. The van der Waals surface area contributed by atoms with Gasteiger partial charge in [0.15, 0.2) is 5.65 Å². The highest BCUT2D eigenvalue weighted by atomic mass is 19.1. The third-order valence-corrected chi connectivity index (χ3v) is 4.59. The summed E-state index contributed by atoms with van der Waals surface area (Å²) in [5.41, 5.74) is 6.13. The van der Waals surface area contributed by atoms with E-state index in [4.69, 9.17) is 10.5 Å². The summed E-state index contributed by atoms with van der Waals surface area (Å²) in [6.07, 6.45) is 2.40. The lowest BCUT2D eigenvalue weighted by atomic mass is 10.1. The van der Waals surface area contributed by atoms with E-state index >= 15 is 0 Å². The maximum absolute atomic E-state index is 13.9. The molecule has 0 radical (unpaired) electrons. The van der Waals surface area contributed by atoms with Gasteiger partial charge in [0.1, 0.15) is 18.0 Å². The van der Waals surface area contributed by atoms with E-state index < -0.39 is 29.1 Å². The van der Waals surface area contributed by atoms with Crippen LogP contribution >= 0.6 is 0 Å². The van der Waals surface area contributed by atoms with Gasteiger partial charge in [0, 0.05) is 28.9 Å². The lowest BCUT2D eigenvalue weighted by molar-refractivity contribution is -0.118. The number of nitrogens with zero attached hydrogens (tertiary/aromatic N) is 3. The fourth-order valence-corrected chi connectivity index (χ4v) is 3.39. The Hall–Kier alpha value is -3.95. The number of nitrogens with two attached hydrogens (primary N) is 1. The summed E-state index contributed by atoms with van der Waals surface area (Å²) >= 11 is 0. The Balaban J connectivity index is 1.88. The van der Waals surface area contributed by atoms with E-state index in [9.17, 15) is 18.8 Å². The number of pyridine rings is 1. The number of benzene rings is 1. The van der Waals surface area contributed by atoms with Gasteiger partial charge in [-0.05, 0) is 45.0 Å². The Morgan fingerprint density at radius 2 is 2.00 bits per heavy atom. The minimum atomic E-state index is -0.732. The van der Waals surface area contributed by atoms with E-state index in [-0.39, 0.29) is 12.2 Å². The van der Waals surface area contributed by atoms with Gasteiger partial charge in [-0.1, -0.05) is 0 Å². The molecule has 4 aromatic rings. The van der Waals surface area contributed by atoms with Gasteiger partial charge in [-0.2, -0.15) is 0 Å². The molecule has 4 rings (SSSR count). The number of rotatable bonds is 3. The second-order valence-corrected chi connectivity index (χ2v) is 8.13. The van der Waals surface area contributed by atoms with Gasteiger partial charge in [-0.3, -0.25) is 13.9 Å². The zero-order valence-electron chi connectivity index (χ0n) is 17.1. The topological polar surface area (TPSA) is 125 Å². The third-order valence-electron chi connectivity index (χ3n) is 4.59. The zero-order chi connectivity index (χ0) is 22.5. The number of halogens is 1. The van der Waals surface area contributed by atoms with Gasteiger partial charge in [-0.15, -0.1) is 0 Å². The van der Waals surface area contributed by atoms with Crippen molar-refractivity contribution in [2.75, 3.05) is 0 Å². The molecular weight excluding hydrogens is 405 g/mol. The van der Waals surface area contributed by atoms with Crippen LogP contribution in [0.2, 0.25) is 0 Å². The molecule has 3 aromatic heterocycles. The van der Waals surface area contributed by atoms with Crippen molar-refractivity contribution in [3.63, 3.8) is 0 Å². The third kappa shape index (κ3) is 3.79. The van der Waals surface area contributed by atoms with Gasteiger partial charge < -0.3 is 15.5 Å². The van der Waals surface area contributed by atoms with E-state index in [0.717, 1.165) is 4.57 Å². The molecule has 0 unspecified atom stereocenters. The Kier molecular flexibility index (Phi) is 4.64. The lowest BCUT2D eigenvalue weighted by Gasteiger charge is -2.19. The average molecular weight is 425 g/mol. The molecule has 0 saturated carbocycles. The van der Waals surface area contributed by atoms with E-state index in [1.807, 2.05) is 0 Å². The predicted molar refractivity (Wildman–Crippen MR) is 112 cm³/mol. The van der Waals surface area contributed by atoms with Gasteiger partial charge in [0.25, 0.3) is 0 Å². The molecule has 3 N–H and O–H groups in total. The van der Waals surface area contributed by atoms with Crippen molar-refractivity contribution in [2.45, 2.75) is 32.9 Å². The molecular formula is C21H20FN5O4. The normalized spacial score (nSPS) is 11.9. The molecule has 31 heavy (non-hydrogen) atoms. The number of carbonyl (C=O) groups is 2. The highest BCUT2D eigenvalue weighted by Gasteiger charge is 2.22. The van der Waals surface area contributed by atoms with Crippen LogP contribution < -0.4 is 11.4 Å². The van der Waals surface area contributed by atoms with Crippen LogP contribution in [0.1, 0.15) is 20.8 Å². The van der Waals surface area contributed by atoms with Crippen LogP contribution in [0.5, 0.6) is 0 Å². The van der Waals surface area contributed by atoms with Crippen LogP contribution in [0.15, 0.2) is 41.5 Å². The van der Waals surface area contributed by atoms with Crippen molar-refractivity contribution in [1.82, 2.24) is 19.1 Å². The van der Waals surface area contributed by atoms with Crippen molar-refractivity contribution in [1.29, 1.82) is 0 Å². The molecule has 9 nitrogen and oxygen atoms in total. The Morgan fingerprint density at radius 3 is 2.68 bits per heavy atom. The highest BCUT2D eigenvalue weighted by Crippen LogP contribution is 2.32. The number of fused-ring (bicyclic) bond motifs is 2. The molecule has 0 atom stereocenters. The minimum Gasteiger partial charge on any atom is -0.443 e. The van der Waals surface area contributed by atoms with Crippen LogP contribution in [0.3, 0.4) is 0 Å². The fraction of sp³-hybridized carbons (Fsp3) is 0.238. The zero-order valence-corrected chi connectivity index (χ0v) is 17.1. The monoisotopic (exact) mass is 425 g/mol. The van der Waals surface area contributed by atoms with Crippen LogP contribution in [0.25, 0.3) is 33.2 Å². The smallest absolute Gasteiger partial charge is 0.419 e. The number of nitrogens with one attached hydrogen (secondary N) is 1. The number of primary amides is 1. The summed E-state index contributed by atoms with van der Waals surface area (Å²) in [7, 11) is 0. The number of H-pyrrole nitrogens is 1. The first-order valence-corrected chi connectivity index (χ1v) is 9.45. The van der Waals surface area contributed by atoms with Gasteiger partial charge in [-0.25, -0.2) is 19.0 Å². The van der Waals surface area contributed by atoms with Crippen LogP contribution in [0, 0.1) is 5.82 Å². The molecule has 0 saturated heterocycles. The van der Waals surface area contributed by atoms with Gasteiger partial charge >= 0.3 is 11.8 Å². The van der Waals surface area contributed by atoms with Crippen molar-refractivity contribution < 1.29 is 18.7 Å². The first-order valence-electron chi connectivity index (χ1n) is 9.45. The largest absolute Gasteiger partial charge is 0.443 e. The maximum Gasteiger partial charge on any atom is 0.419 e. The molecule has 0 aliphatic rings. The second kappa shape index (κ2) is 7.08. The summed E-state index contributed by atoms with van der Waals surface area (Å²) in [6.45, 7) is 4.91. The van der Waals surface area contributed by atoms with Crippen molar-refractivity contribution in [3.8, 4) is 11.1 Å². The molecule has 0 fully saturated rings. The number of aromatic amines is 1. The summed E-state index contributed by atoms with van der Waals surface area (Å²) < 4.78 is 21.7. The van der Waals surface area contributed by atoms with Crippen LogP contribution in [0.4, 0.5) is 9.18 Å². The van der Waals surface area contributed by atoms with Crippen molar-refractivity contribution >= 4 is 34.1 Å². The fourth-order valence-electron chi connectivity index (χ4n) is 3.39. The summed E-state index contributed by atoms with van der Waals surface area (Å²) in [5, 5.41) is 0.604. The molecule has 0 aliphatic heterocycles. The molecule has 160 valence electrons. The number of carbonyl (C=O) groups excluding carboxylic acids is 2. The number of aromatic nitrogens is 4. The van der Waals surface area contributed by atoms with Crippen LogP contribution in [-0.2, 0) is 16.1 Å². The van der Waals surface area contributed by atoms with Crippen molar-refractivity contribution in [3.05, 3.63) is 53.0 Å². The Labute approximate surface area is 175 Å². The first-order chi connectivity index (χ1) is 14.5. The highest BCUT2D eigenvalue weighted by molar-refractivity contribution is 6.01. The number of hydrogen-bond acceptors (Lipinski definition) is 5. The summed E-state index contributed by atoms with van der Waals surface area (Å²) in [4.78, 5) is 43.0. The van der Waals surface area contributed by atoms with Gasteiger partial charge in [0.2, 0.25) is 5.91 Å². The SMILES string of the molecule is CC(C)(C)OC(=O)n1cc(-c2cnc3c(c2)[nH]c(=O)n3CC(N)=O)c2ccc(F)cc21. The first kappa shape index (κ1) is 20.3. The molecule has 1 aromatic carbocycles. The number of ether oxygens (including phenoxy) is 1. The molecule has 0 bridgehead atoms. The lowest BCUT2D eigenvalue weighted by Crippen LogP contribution is -2.26. The average Bonchev–Trinajstić information content (AvgIpc) is 3.17. The van der Waals surface area contributed by atoms with E-state index in [0.29, 0.717) is 27.5 Å². The molecule has 0 spiro atoms. The second-order valence-electron chi connectivity index (χ2n) is 8.13. The van der Waals surface area contributed by atoms with Crippen LogP contribution in [-0.4, -0.2) is 36.7 Å². The van der Waals surface area contributed by atoms with E-state index in [1.165, 1.54) is 22.9 Å². The minimum absolute atomic E-state index is 0.273. The number of amides is 1. The molecule has 3 heterocycles. The summed E-state index contributed by atoms with van der Waals surface area (Å²) in [5.74, 6) is -1.17.